The predicted molar refractivity (Wildman–Crippen MR) is 317 cm³/mol. The summed E-state index contributed by atoms with van der Waals surface area (Å²) in [5.74, 6) is 5.26. The molecule has 0 saturated carbocycles. The lowest BCUT2D eigenvalue weighted by Crippen LogP contribution is -2.62. The van der Waals surface area contributed by atoms with Crippen LogP contribution in [0.5, 0.6) is 34.5 Å². The number of ether oxygens (including phenoxy) is 3. The van der Waals surface area contributed by atoms with Gasteiger partial charge in [-0.1, -0.05) is 141 Å². The van der Waals surface area contributed by atoms with Crippen molar-refractivity contribution in [2.24, 2.45) is 0 Å². The Bertz CT molecular complexity index is 3940. The van der Waals surface area contributed by atoms with E-state index in [2.05, 4.69) is 216 Å². The molecule has 0 spiro atoms. The fourth-order valence-corrected chi connectivity index (χ4v) is 16.9. The minimum absolute atomic E-state index is 0.0440. The van der Waals surface area contributed by atoms with E-state index in [1.165, 1.54) is 89.4 Å². The molecule has 0 atom stereocenters. The topological polar surface area (TPSA) is 30.9 Å². The molecule has 10 heteroatoms. The van der Waals surface area contributed by atoms with Crippen LogP contribution >= 0.6 is 34.4 Å². The highest BCUT2D eigenvalue weighted by atomic mass is 32.2. The Balaban J connectivity index is 0.982. The van der Waals surface area contributed by atoms with Crippen LogP contribution in [0.4, 0.5) is 17.1 Å². The molecule has 4 nitrogen and oxygen atoms in total. The predicted octanol–water partition coefficient (Wildman–Crippen LogP) is 11.8. The van der Waals surface area contributed by atoms with E-state index in [4.69, 9.17) is 14.2 Å². The van der Waals surface area contributed by atoms with Gasteiger partial charge in [0.05, 0.1) is 5.69 Å². The van der Waals surface area contributed by atoms with E-state index >= 15 is 0 Å². The monoisotopic (exact) mass is 1010 g/mol. The van der Waals surface area contributed by atoms with Crippen molar-refractivity contribution in [1.29, 1.82) is 0 Å². The third-order valence-electron chi connectivity index (χ3n) is 15.8. The maximum absolute atomic E-state index is 7.35. The van der Waals surface area contributed by atoms with Crippen LogP contribution in [-0.2, 0) is 0 Å². The van der Waals surface area contributed by atoms with E-state index in [9.17, 15) is 0 Å². The molecule has 74 heavy (non-hydrogen) atoms. The SMILES string of the molecule is Cc1cc(C)c2c(c1)Oc1c(sc3ccccc13)B2c1cc2c(cc1C)Oc1cc(N(c3ccccc3)c3ccccc3)cc3c1B2c1cc(B2c4sc5ccccc5c4Sc4cc(C)cc(C)c42)c(C)cc1O3. The third-order valence-corrected chi connectivity index (χ3v) is 19.6. The molecule has 11 aromatic rings. The molecular weight excluding hydrogens is 959 g/mol. The lowest BCUT2D eigenvalue weighted by atomic mass is 9.31. The van der Waals surface area contributed by atoms with Gasteiger partial charge in [0, 0.05) is 63.7 Å². The molecule has 0 radical (unpaired) electrons. The number of hydrogen-bond acceptors (Lipinski definition) is 7. The molecule has 0 fully saturated rings. The second kappa shape index (κ2) is 16.6. The van der Waals surface area contributed by atoms with Crippen molar-refractivity contribution in [1.82, 2.24) is 0 Å². The van der Waals surface area contributed by atoms with Crippen LogP contribution in [0.25, 0.3) is 20.2 Å². The fraction of sp³-hybridized carbons (Fsp3) is 0.0938. The van der Waals surface area contributed by atoms with Crippen molar-refractivity contribution >= 4 is 140 Å². The average Bonchev–Trinajstić information content (AvgIpc) is 3.96. The number of rotatable bonds is 5. The summed E-state index contributed by atoms with van der Waals surface area (Å²) in [6.07, 6.45) is 0. The molecule has 0 N–H and O–H groups in total. The van der Waals surface area contributed by atoms with E-state index in [0.717, 1.165) is 73.3 Å². The quantitative estimate of drug-likeness (QED) is 0.160. The Kier molecular flexibility index (Phi) is 9.89. The number of aryl methyl sites for hydroxylation is 6. The molecule has 0 bridgehead atoms. The van der Waals surface area contributed by atoms with Gasteiger partial charge in [0.15, 0.2) is 0 Å². The van der Waals surface area contributed by atoms with Gasteiger partial charge in [0.25, 0.3) is 20.1 Å². The smallest absolute Gasteiger partial charge is 0.264 e. The first-order valence-electron chi connectivity index (χ1n) is 25.5. The van der Waals surface area contributed by atoms with Gasteiger partial charge in [-0.2, -0.15) is 0 Å². The van der Waals surface area contributed by atoms with Crippen LogP contribution in [0.3, 0.4) is 0 Å². The van der Waals surface area contributed by atoms with Gasteiger partial charge in [0.2, 0.25) is 0 Å². The molecular formula is C64H46B3NO3S3. The summed E-state index contributed by atoms with van der Waals surface area (Å²) in [6.45, 7) is 13.3. The summed E-state index contributed by atoms with van der Waals surface area (Å²) >= 11 is 5.75. The zero-order valence-electron chi connectivity index (χ0n) is 41.8. The fourth-order valence-electron chi connectivity index (χ4n) is 12.7. The first-order chi connectivity index (χ1) is 36.1. The molecule has 0 aliphatic carbocycles. The molecule has 9 aromatic carbocycles. The van der Waals surface area contributed by atoms with E-state index in [1.807, 2.05) is 34.4 Å². The van der Waals surface area contributed by atoms with E-state index in [-0.39, 0.29) is 20.1 Å². The Hall–Kier alpha value is -7.36. The summed E-state index contributed by atoms with van der Waals surface area (Å²) in [6, 6.07) is 62.2. The van der Waals surface area contributed by atoms with Gasteiger partial charge in [-0.3, -0.25) is 0 Å². The average molecular weight is 1010 g/mol. The molecule has 0 saturated heterocycles. The standard InChI is InChI=1S/C64H46B3NO3S3/c1-35-25-39(5)58-52(27-35)71-61-44-21-13-15-23-55(44)73-63(61)66(58)46-33-48-50(29-37(46)3)69-53-31-43(68(41-17-9-7-10-18-41)42-19-11-8-12-20-42)32-54-60(53)65(48)49-34-47(38(4)30-51(49)70-54)67-59-40(6)26-36(2)28-57(59)72-62-45-22-14-16-24-56(45)74-64(62)67/h7-34H,1-6H3. The lowest BCUT2D eigenvalue weighted by molar-refractivity contribution is 0.464. The number of anilines is 3. The molecule has 15 rings (SSSR count). The van der Waals surface area contributed by atoms with Gasteiger partial charge in [0.1, 0.15) is 34.5 Å². The maximum atomic E-state index is 7.35. The van der Waals surface area contributed by atoms with Crippen molar-refractivity contribution in [2.45, 2.75) is 51.3 Å². The maximum Gasteiger partial charge on any atom is 0.264 e. The number of fused-ring (bicyclic) bond motifs is 12. The number of nitrogens with zero attached hydrogens (tertiary/aromatic N) is 1. The number of benzene rings is 9. The van der Waals surface area contributed by atoms with Crippen LogP contribution < -0.4 is 66.9 Å². The number of para-hydroxylation sites is 2. The van der Waals surface area contributed by atoms with Crippen LogP contribution in [0.15, 0.2) is 180 Å². The molecule has 4 aliphatic rings. The van der Waals surface area contributed by atoms with Gasteiger partial charge in [-0.05, 0) is 141 Å². The van der Waals surface area contributed by atoms with Gasteiger partial charge >= 0.3 is 0 Å². The number of hydrogen-bond donors (Lipinski definition) is 0. The second-order valence-electron chi connectivity index (χ2n) is 20.6. The van der Waals surface area contributed by atoms with Crippen molar-refractivity contribution in [3.05, 3.63) is 203 Å². The molecule has 0 unspecified atom stereocenters. The summed E-state index contributed by atoms with van der Waals surface area (Å²) in [5, 5.41) is 2.50. The summed E-state index contributed by atoms with van der Waals surface area (Å²) in [5.41, 5.74) is 19.1. The zero-order valence-corrected chi connectivity index (χ0v) is 44.2. The van der Waals surface area contributed by atoms with Crippen molar-refractivity contribution in [2.75, 3.05) is 4.90 Å². The van der Waals surface area contributed by atoms with Crippen LogP contribution in [0.1, 0.15) is 33.4 Å². The van der Waals surface area contributed by atoms with Crippen molar-refractivity contribution in [3.63, 3.8) is 0 Å². The van der Waals surface area contributed by atoms with Gasteiger partial charge < -0.3 is 19.1 Å². The Labute approximate surface area is 444 Å². The summed E-state index contributed by atoms with van der Waals surface area (Å²) in [4.78, 5) is 5.02. The summed E-state index contributed by atoms with van der Waals surface area (Å²) in [7, 11) is 0. The van der Waals surface area contributed by atoms with Crippen LogP contribution in [0.2, 0.25) is 0 Å². The molecule has 2 aromatic heterocycles. The normalized spacial score (nSPS) is 13.5. The van der Waals surface area contributed by atoms with E-state index < -0.39 is 0 Å². The highest BCUT2D eigenvalue weighted by Gasteiger charge is 2.45. The first-order valence-corrected chi connectivity index (χ1v) is 27.9. The van der Waals surface area contributed by atoms with Crippen LogP contribution in [-0.4, -0.2) is 20.1 Å². The third kappa shape index (κ3) is 6.64. The Morgan fingerprint density at radius 3 is 1.53 bits per heavy atom. The van der Waals surface area contributed by atoms with Crippen molar-refractivity contribution < 1.29 is 14.2 Å². The highest BCUT2D eigenvalue weighted by molar-refractivity contribution is 8.00. The van der Waals surface area contributed by atoms with Gasteiger partial charge in [-0.15, -0.1) is 22.7 Å². The van der Waals surface area contributed by atoms with Gasteiger partial charge in [-0.25, -0.2) is 0 Å². The highest BCUT2D eigenvalue weighted by Crippen LogP contribution is 2.45. The largest absolute Gasteiger partial charge is 0.458 e. The van der Waals surface area contributed by atoms with Crippen molar-refractivity contribution in [3.8, 4) is 34.5 Å². The minimum atomic E-state index is -0.194. The second-order valence-corrected chi connectivity index (χ2v) is 23.9. The lowest BCUT2D eigenvalue weighted by Gasteiger charge is -2.37. The van der Waals surface area contributed by atoms with Crippen LogP contribution in [0, 0.1) is 41.5 Å². The Morgan fingerprint density at radius 1 is 0.378 bits per heavy atom. The van der Waals surface area contributed by atoms with E-state index in [1.54, 1.807) is 0 Å². The molecule has 0 amide bonds. The zero-order chi connectivity index (χ0) is 49.7. The van der Waals surface area contributed by atoms with E-state index in [0.29, 0.717) is 0 Å². The first kappa shape index (κ1) is 44.2. The molecule has 4 aliphatic heterocycles. The summed E-state index contributed by atoms with van der Waals surface area (Å²) < 4.78 is 26.9. The molecule has 6 heterocycles. The molecule has 352 valence electrons. The number of thiophene rings is 2. The Morgan fingerprint density at radius 2 is 0.892 bits per heavy atom. The minimum Gasteiger partial charge on any atom is -0.458 e.